The lowest BCUT2D eigenvalue weighted by atomic mass is 10.3. The highest BCUT2D eigenvalue weighted by atomic mass is 32.2. The summed E-state index contributed by atoms with van der Waals surface area (Å²) in [5, 5.41) is 0.830. The molecule has 0 aromatic carbocycles. The van der Waals surface area contributed by atoms with E-state index in [1.807, 2.05) is 24.2 Å². The van der Waals surface area contributed by atoms with Gasteiger partial charge in [-0.3, -0.25) is 5.84 Å². The Morgan fingerprint density at radius 1 is 1.59 bits per heavy atom. The summed E-state index contributed by atoms with van der Waals surface area (Å²) >= 11 is 2.04. The van der Waals surface area contributed by atoms with Crippen LogP contribution in [-0.4, -0.2) is 20.6 Å². The summed E-state index contributed by atoms with van der Waals surface area (Å²) in [5.74, 6) is 7.72. The third kappa shape index (κ3) is 3.24. The summed E-state index contributed by atoms with van der Waals surface area (Å²) in [5.41, 5.74) is 2.90. The maximum Gasteiger partial charge on any atom is 0.128 e. The molecular weight excluding hydrogens is 232 g/mol. The van der Waals surface area contributed by atoms with E-state index in [4.69, 9.17) is 5.84 Å². The first-order chi connectivity index (χ1) is 8.35. The summed E-state index contributed by atoms with van der Waals surface area (Å²) in [6.07, 6.45) is 9.38. The van der Waals surface area contributed by atoms with Crippen LogP contribution in [0.15, 0.2) is 12.4 Å². The molecule has 3 N–H and O–H groups in total. The van der Waals surface area contributed by atoms with Gasteiger partial charge >= 0.3 is 0 Å². The highest BCUT2D eigenvalue weighted by Crippen LogP contribution is 2.31. The number of hydrogen-bond acceptors (Lipinski definition) is 4. The van der Waals surface area contributed by atoms with E-state index in [0.29, 0.717) is 0 Å². The van der Waals surface area contributed by atoms with Gasteiger partial charge in [0, 0.05) is 29.9 Å². The van der Waals surface area contributed by atoms with Crippen LogP contribution in [0.5, 0.6) is 0 Å². The van der Waals surface area contributed by atoms with Crippen molar-refractivity contribution in [2.24, 2.45) is 5.84 Å². The van der Waals surface area contributed by atoms with Gasteiger partial charge in [0.1, 0.15) is 5.82 Å². The summed E-state index contributed by atoms with van der Waals surface area (Å²) in [6, 6.07) is 0.163. The number of thioether (sulfide) groups is 1. The molecule has 0 aliphatic heterocycles. The number of aryl methyl sites for hydroxylation is 1. The number of nitrogens with two attached hydrogens (primary N) is 1. The predicted molar refractivity (Wildman–Crippen MR) is 72.7 cm³/mol. The fraction of sp³-hybridized carbons (Fsp3) is 0.750. The van der Waals surface area contributed by atoms with Crippen molar-refractivity contribution in [2.75, 3.05) is 5.75 Å². The summed E-state index contributed by atoms with van der Waals surface area (Å²) < 4.78 is 2.15. The molecule has 1 fully saturated rings. The van der Waals surface area contributed by atoms with Gasteiger partial charge in [-0.05, 0) is 19.8 Å². The average Bonchev–Trinajstić information content (AvgIpc) is 3.00. The fourth-order valence-electron chi connectivity index (χ4n) is 2.38. The molecule has 5 heteroatoms. The molecule has 0 saturated heterocycles. The summed E-state index contributed by atoms with van der Waals surface area (Å²) in [4.78, 5) is 4.41. The smallest absolute Gasteiger partial charge is 0.128 e. The van der Waals surface area contributed by atoms with E-state index in [1.54, 1.807) is 0 Å². The molecule has 17 heavy (non-hydrogen) atoms. The molecule has 0 radical (unpaired) electrons. The minimum Gasteiger partial charge on any atom is -0.334 e. The fourth-order valence-corrected chi connectivity index (χ4v) is 3.76. The van der Waals surface area contributed by atoms with E-state index < -0.39 is 0 Å². The first-order valence-corrected chi connectivity index (χ1v) is 7.48. The number of hydrazine groups is 1. The zero-order chi connectivity index (χ0) is 12.1. The van der Waals surface area contributed by atoms with Gasteiger partial charge in [-0.2, -0.15) is 11.8 Å². The van der Waals surface area contributed by atoms with Gasteiger partial charge in [0.05, 0.1) is 6.04 Å². The van der Waals surface area contributed by atoms with Crippen LogP contribution < -0.4 is 11.3 Å². The Balaban J connectivity index is 1.91. The second kappa shape index (κ2) is 6.42. The Kier molecular flexibility index (Phi) is 4.88. The highest BCUT2D eigenvalue weighted by Gasteiger charge is 2.20. The highest BCUT2D eigenvalue weighted by molar-refractivity contribution is 7.99. The van der Waals surface area contributed by atoms with Crippen LogP contribution in [0, 0.1) is 0 Å². The second-order valence-electron chi connectivity index (χ2n) is 4.53. The van der Waals surface area contributed by atoms with Gasteiger partial charge in [0.25, 0.3) is 0 Å². The molecule has 0 amide bonds. The van der Waals surface area contributed by atoms with Crippen molar-refractivity contribution < 1.29 is 0 Å². The lowest BCUT2D eigenvalue weighted by Crippen LogP contribution is -2.32. The third-order valence-corrected chi connectivity index (χ3v) is 4.87. The Bertz CT molecular complexity index is 333. The molecule has 1 aliphatic carbocycles. The monoisotopic (exact) mass is 254 g/mol. The number of nitrogens with zero attached hydrogens (tertiary/aromatic N) is 2. The van der Waals surface area contributed by atoms with Crippen molar-refractivity contribution in [1.82, 2.24) is 15.0 Å². The second-order valence-corrected chi connectivity index (χ2v) is 5.86. The molecule has 0 bridgehead atoms. The lowest BCUT2D eigenvalue weighted by Gasteiger charge is -2.18. The van der Waals surface area contributed by atoms with Crippen molar-refractivity contribution in [3.05, 3.63) is 18.2 Å². The number of hydrogen-bond donors (Lipinski definition) is 2. The van der Waals surface area contributed by atoms with Crippen molar-refractivity contribution >= 4 is 11.8 Å². The van der Waals surface area contributed by atoms with Crippen LogP contribution in [0.3, 0.4) is 0 Å². The van der Waals surface area contributed by atoms with Crippen LogP contribution in [0.1, 0.15) is 44.5 Å². The molecule has 4 nitrogen and oxygen atoms in total. The standard InChI is InChI=1S/C12H22N4S/c1-2-16-8-7-14-12(16)11(15-13)9-17-10-5-3-4-6-10/h7-8,10-11,15H,2-6,9,13H2,1H3. The topological polar surface area (TPSA) is 55.9 Å². The zero-order valence-electron chi connectivity index (χ0n) is 10.4. The Hall–Kier alpha value is -0.520. The van der Waals surface area contributed by atoms with Crippen molar-refractivity contribution in [3.63, 3.8) is 0 Å². The molecule has 1 heterocycles. The van der Waals surface area contributed by atoms with Crippen LogP contribution >= 0.6 is 11.8 Å². The molecule has 1 atom stereocenters. The van der Waals surface area contributed by atoms with Crippen LogP contribution in [-0.2, 0) is 6.54 Å². The summed E-state index contributed by atoms with van der Waals surface area (Å²) in [7, 11) is 0. The van der Waals surface area contributed by atoms with Gasteiger partial charge in [-0.1, -0.05) is 12.8 Å². The summed E-state index contributed by atoms with van der Waals surface area (Å²) in [6.45, 7) is 3.07. The quantitative estimate of drug-likeness (QED) is 0.603. The lowest BCUT2D eigenvalue weighted by molar-refractivity contribution is 0.540. The Morgan fingerprint density at radius 3 is 3.00 bits per heavy atom. The minimum absolute atomic E-state index is 0.163. The van der Waals surface area contributed by atoms with Gasteiger partial charge < -0.3 is 4.57 Å². The molecule has 0 spiro atoms. The average molecular weight is 254 g/mol. The predicted octanol–water partition coefficient (Wildman–Crippen LogP) is 2.08. The molecule has 1 saturated carbocycles. The van der Waals surface area contributed by atoms with Gasteiger partial charge in [0.15, 0.2) is 0 Å². The Morgan fingerprint density at radius 2 is 2.35 bits per heavy atom. The van der Waals surface area contributed by atoms with E-state index in [2.05, 4.69) is 21.9 Å². The van der Waals surface area contributed by atoms with Crippen molar-refractivity contribution in [2.45, 2.75) is 50.4 Å². The van der Waals surface area contributed by atoms with E-state index in [1.165, 1.54) is 25.7 Å². The molecule has 2 rings (SSSR count). The largest absolute Gasteiger partial charge is 0.334 e. The number of nitrogens with one attached hydrogen (secondary N) is 1. The first-order valence-electron chi connectivity index (χ1n) is 6.44. The number of imidazole rings is 1. The third-order valence-electron chi connectivity index (χ3n) is 3.40. The van der Waals surface area contributed by atoms with E-state index in [9.17, 15) is 0 Å². The maximum absolute atomic E-state index is 5.66. The van der Waals surface area contributed by atoms with Crippen LogP contribution in [0.25, 0.3) is 0 Å². The van der Waals surface area contributed by atoms with Crippen LogP contribution in [0.4, 0.5) is 0 Å². The SMILES string of the molecule is CCn1ccnc1C(CSC1CCCC1)NN. The van der Waals surface area contributed by atoms with Crippen LogP contribution in [0.2, 0.25) is 0 Å². The molecule has 1 aromatic heterocycles. The normalized spacial score (nSPS) is 18.7. The van der Waals surface area contributed by atoms with Gasteiger partial charge in [0.2, 0.25) is 0 Å². The number of aromatic nitrogens is 2. The zero-order valence-corrected chi connectivity index (χ0v) is 11.2. The molecule has 96 valence electrons. The number of rotatable bonds is 6. The van der Waals surface area contributed by atoms with E-state index >= 15 is 0 Å². The maximum atomic E-state index is 5.66. The van der Waals surface area contributed by atoms with Crippen molar-refractivity contribution in [1.29, 1.82) is 0 Å². The van der Waals surface area contributed by atoms with E-state index in [-0.39, 0.29) is 6.04 Å². The molecule has 1 aromatic rings. The Labute approximate surface area is 107 Å². The minimum atomic E-state index is 0.163. The van der Waals surface area contributed by atoms with Gasteiger partial charge in [-0.15, -0.1) is 0 Å². The van der Waals surface area contributed by atoms with Crippen molar-refractivity contribution in [3.8, 4) is 0 Å². The van der Waals surface area contributed by atoms with Gasteiger partial charge in [-0.25, -0.2) is 10.4 Å². The van der Waals surface area contributed by atoms with E-state index in [0.717, 1.165) is 23.4 Å². The first kappa shape index (κ1) is 12.9. The molecular formula is C12H22N4S. The molecule has 1 aliphatic rings. The molecule has 1 unspecified atom stereocenters.